The molecule has 0 saturated heterocycles. The lowest BCUT2D eigenvalue weighted by Gasteiger charge is -2.02. The Morgan fingerprint density at radius 2 is 1.90 bits per heavy atom. The van der Waals surface area contributed by atoms with Crippen LogP contribution < -0.4 is 4.80 Å². The fourth-order valence-electron chi connectivity index (χ4n) is 3.25. The highest BCUT2D eigenvalue weighted by molar-refractivity contribution is 7.07. The van der Waals surface area contributed by atoms with Crippen LogP contribution in [0.15, 0.2) is 92.9 Å². The molecule has 5 nitrogen and oxygen atoms in total. The SMILES string of the molecule is Cc1ccc(N=c2scc(-c3cc4ccccc4o3)n2N=Cc2cccnc2)cc1C. The molecule has 0 saturated carbocycles. The van der Waals surface area contributed by atoms with Crippen LogP contribution in [0.5, 0.6) is 0 Å². The van der Waals surface area contributed by atoms with Crippen molar-refractivity contribution in [1.82, 2.24) is 9.66 Å². The fraction of sp³-hybridized carbons (Fsp3) is 0.0800. The molecule has 0 aliphatic heterocycles. The molecule has 2 aromatic carbocycles. The molecule has 5 rings (SSSR count). The molecule has 3 aromatic heterocycles. The van der Waals surface area contributed by atoms with Crippen LogP contribution in [-0.2, 0) is 0 Å². The number of aryl methyl sites for hydroxylation is 2. The number of pyridine rings is 1. The summed E-state index contributed by atoms with van der Waals surface area (Å²) in [6.45, 7) is 4.19. The number of rotatable bonds is 4. The quantitative estimate of drug-likeness (QED) is 0.328. The third-order valence-corrected chi connectivity index (χ3v) is 5.90. The summed E-state index contributed by atoms with van der Waals surface area (Å²) in [4.78, 5) is 9.79. The van der Waals surface area contributed by atoms with E-state index in [1.165, 1.54) is 22.5 Å². The topological polar surface area (TPSA) is 55.7 Å². The van der Waals surface area contributed by atoms with E-state index in [-0.39, 0.29) is 0 Å². The number of hydrogen-bond donors (Lipinski definition) is 0. The number of para-hydroxylation sites is 1. The number of furan rings is 1. The Hall–Kier alpha value is -3.77. The summed E-state index contributed by atoms with van der Waals surface area (Å²) in [5.41, 5.74) is 5.96. The van der Waals surface area contributed by atoms with Crippen molar-refractivity contribution in [3.05, 3.63) is 99.9 Å². The monoisotopic (exact) mass is 424 g/mol. The van der Waals surface area contributed by atoms with Gasteiger partial charge in [0, 0.05) is 28.7 Å². The summed E-state index contributed by atoms with van der Waals surface area (Å²) in [6.07, 6.45) is 5.30. The molecule has 0 atom stereocenters. The van der Waals surface area contributed by atoms with Crippen molar-refractivity contribution in [3.8, 4) is 11.5 Å². The molecule has 152 valence electrons. The van der Waals surface area contributed by atoms with E-state index in [1.807, 2.05) is 58.6 Å². The summed E-state index contributed by atoms with van der Waals surface area (Å²) in [5, 5.41) is 7.81. The molecule has 0 aliphatic carbocycles. The number of fused-ring (bicyclic) bond motifs is 1. The third kappa shape index (κ3) is 3.98. The maximum atomic E-state index is 6.10. The molecular weight excluding hydrogens is 404 g/mol. The highest BCUT2D eigenvalue weighted by Gasteiger charge is 2.13. The Kier molecular flexibility index (Phi) is 5.06. The maximum absolute atomic E-state index is 6.10. The second kappa shape index (κ2) is 8.16. The number of hydrogen-bond acceptors (Lipinski definition) is 5. The number of benzene rings is 2. The van der Waals surface area contributed by atoms with Crippen LogP contribution in [0.25, 0.3) is 22.4 Å². The molecule has 0 unspecified atom stereocenters. The molecule has 3 heterocycles. The highest BCUT2D eigenvalue weighted by atomic mass is 32.1. The Labute approximate surface area is 183 Å². The van der Waals surface area contributed by atoms with Crippen LogP contribution in [0, 0.1) is 13.8 Å². The standard InChI is InChI=1S/C25H20N4OS/c1-17-9-10-21(12-18(17)2)28-25-29(27-15-19-6-5-11-26-14-19)22(16-31-25)24-13-20-7-3-4-8-23(20)30-24/h3-16H,1-2H3. The van der Waals surface area contributed by atoms with Gasteiger partial charge >= 0.3 is 0 Å². The van der Waals surface area contributed by atoms with Crippen molar-refractivity contribution >= 4 is 34.2 Å². The number of nitrogens with zero attached hydrogens (tertiary/aromatic N) is 4. The van der Waals surface area contributed by atoms with Crippen LogP contribution >= 0.6 is 11.3 Å². The van der Waals surface area contributed by atoms with Gasteiger partial charge in [-0.1, -0.05) is 30.3 Å². The van der Waals surface area contributed by atoms with Gasteiger partial charge in [0.1, 0.15) is 11.3 Å². The summed E-state index contributed by atoms with van der Waals surface area (Å²) in [5.74, 6) is 0.752. The fourth-order valence-corrected chi connectivity index (χ4v) is 4.09. The summed E-state index contributed by atoms with van der Waals surface area (Å²) >= 11 is 1.53. The highest BCUT2D eigenvalue weighted by Crippen LogP contribution is 2.28. The van der Waals surface area contributed by atoms with E-state index in [2.05, 4.69) is 31.0 Å². The molecule has 5 aromatic rings. The van der Waals surface area contributed by atoms with Crippen LogP contribution in [0.3, 0.4) is 0 Å². The van der Waals surface area contributed by atoms with Crippen LogP contribution in [0.2, 0.25) is 0 Å². The minimum absolute atomic E-state index is 0.752. The first-order chi connectivity index (χ1) is 15.2. The normalized spacial score (nSPS) is 12.3. The minimum atomic E-state index is 0.752. The second-order valence-electron chi connectivity index (χ2n) is 7.28. The van der Waals surface area contributed by atoms with Crippen molar-refractivity contribution in [1.29, 1.82) is 0 Å². The molecular formula is C25H20N4OS. The van der Waals surface area contributed by atoms with Crippen molar-refractivity contribution in [2.45, 2.75) is 13.8 Å². The van der Waals surface area contributed by atoms with E-state index < -0.39 is 0 Å². The van der Waals surface area contributed by atoms with Gasteiger partial charge in [0.05, 0.1) is 11.9 Å². The Bertz CT molecular complexity index is 1420. The zero-order valence-corrected chi connectivity index (χ0v) is 18.0. The van der Waals surface area contributed by atoms with Crippen molar-refractivity contribution in [2.75, 3.05) is 0 Å². The zero-order chi connectivity index (χ0) is 21.2. The lowest BCUT2D eigenvalue weighted by molar-refractivity contribution is 0.622. The van der Waals surface area contributed by atoms with Gasteiger partial charge in [0.25, 0.3) is 0 Å². The predicted molar refractivity (Wildman–Crippen MR) is 126 cm³/mol. The lowest BCUT2D eigenvalue weighted by Crippen LogP contribution is -2.11. The van der Waals surface area contributed by atoms with Gasteiger partial charge in [-0.25, -0.2) is 9.67 Å². The summed E-state index contributed by atoms with van der Waals surface area (Å²) in [6, 6.07) is 20.1. The van der Waals surface area contributed by atoms with Crippen LogP contribution in [-0.4, -0.2) is 15.9 Å². The summed E-state index contributed by atoms with van der Waals surface area (Å²) in [7, 11) is 0. The van der Waals surface area contributed by atoms with E-state index >= 15 is 0 Å². The number of thiazole rings is 1. The molecule has 31 heavy (non-hydrogen) atoms. The number of aromatic nitrogens is 2. The van der Waals surface area contributed by atoms with E-state index in [4.69, 9.17) is 14.5 Å². The van der Waals surface area contributed by atoms with Gasteiger partial charge in [0.15, 0.2) is 5.76 Å². The Morgan fingerprint density at radius 1 is 1.00 bits per heavy atom. The van der Waals surface area contributed by atoms with Gasteiger partial charge in [-0.2, -0.15) is 5.10 Å². The first-order valence-electron chi connectivity index (χ1n) is 9.93. The van der Waals surface area contributed by atoms with Crippen molar-refractivity contribution < 1.29 is 4.42 Å². The van der Waals surface area contributed by atoms with Crippen molar-refractivity contribution in [2.24, 2.45) is 10.1 Å². The molecule has 0 fully saturated rings. The Balaban J connectivity index is 1.66. The summed E-state index contributed by atoms with van der Waals surface area (Å²) < 4.78 is 7.93. The molecule has 0 aliphatic rings. The molecule has 0 bridgehead atoms. The minimum Gasteiger partial charge on any atom is -0.454 e. The van der Waals surface area contributed by atoms with E-state index in [0.717, 1.165) is 38.5 Å². The van der Waals surface area contributed by atoms with Crippen molar-refractivity contribution in [3.63, 3.8) is 0 Å². The van der Waals surface area contributed by atoms with E-state index in [0.29, 0.717) is 0 Å². The van der Waals surface area contributed by atoms with Crippen LogP contribution in [0.4, 0.5) is 5.69 Å². The molecule has 0 radical (unpaired) electrons. The smallest absolute Gasteiger partial charge is 0.211 e. The van der Waals surface area contributed by atoms with E-state index in [1.54, 1.807) is 18.6 Å². The average Bonchev–Trinajstić information content (AvgIpc) is 3.39. The molecule has 0 amide bonds. The third-order valence-electron chi connectivity index (χ3n) is 5.09. The molecule has 6 heteroatoms. The maximum Gasteiger partial charge on any atom is 0.211 e. The van der Waals surface area contributed by atoms with Gasteiger partial charge in [-0.05, 0) is 55.3 Å². The lowest BCUT2D eigenvalue weighted by atomic mass is 10.1. The van der Waals surface area contributed by atoms with E-state index in [9.17, 15) is 0 Å². The van der Waals surface area contributed by atoms with Gasteiger partial charge in [0.2, 0.25) is 4.80 Å². The van der Waals surface area contributed by atoms with Gasteiger partial charge in [-0.15, -0.1) is 11.3 Å². The van der Waals surface area contributed by atoms with Crippen LogP contribution in [0.1, 0.15) is 16.7 Å². The molecule has 0 spiro atoms. The van der Waals surface area contributed by atoms with Gasteiger partial charge < -0.3 is 4.42 Å². The second-order valence-corrected chi connectivity index (χ2v) is 8.11. The first-order valence-corrected chi connectivity index (χ1v) is 10.8. The predicted octanol–water partition coefficient (Wildman–Crippen LogP) is 6.09. The Morgan fingerprint density at radius 3 is 2.71 bits per heavy atom. The first kappa shape index (κ1) is 19.2. The van der Waals surface area contributed by atoms with Gasteiger partial charge in [-0.3, -0.25) is 4.98 Å². The average molecular weight is 425 g/mol. The zero-order valence-electron chi connectivity index (χ0n) is 17.2. The largest absolute Gasteiger partial charge is 0.454 e. The molecule has 0 N–H and O–H groups in total.